The minimum Gasteiger partial charge on any atom is -0.368 e. The Labute approximate surface area is 99.0 Å². The van der Waals surface area contributed by atoms with Crippen LogP contribution < -0.4 is 5.73 Å². The summed E-state index contributed by atoms with van der Waals surface area (Å²) >= 11 is 0. The highest BCUT2D eigenvalue weighted by atomic mass is 19.1. The molecule has 0 radical (unpaired) electrons. The van der Waals surface area contributed by atoms with Crippen LogP contribution in [0.25, 0.3) is 11.4 Å². The van der Waals surface area contributed by atoms with Gasteiger partial charge in [-0.2, -0.15) is 9.37 Å². The molecular weight excluding hydrogens is 248 g/mol. The third-order valence-electron chi connectivity index (χ3n) is 2.25. The summed E-state index contributed by atoms with van der Waals surface area (Å²) < 4.78 is 28.1. The summed E-state index contributed by atoms with van der Waals surface area (Å²) in [6.45, 7) is 0. The second-order valence-corrected chi connectivity index (χ2v) is 3.46. The SMILES string of the molecule is Cn1nc(-c2cc(F)cc([N+](=O)[O-])c2F)nc1N. The Morgan fingerprint density at radius 1 is 1.44 bits per heavy atom. The van der Waals surface area contributed by atoms with Crippen LogP contribution in [0.15, 0.2) is 12.1 Å². The molecule has 0 aliphatic carbocycles. The topological polar surface area (TPSA) is 99.9 Å². The highest BCUT2D eigenvalue weighted by molar-refractivity contribution is 5.61. The van der Waals surface area contributed by atoms with Crippen molar-refractivity contribution >= 4 is 11.6 Å². The molecule has 7 nitrogen and oxygen atoms in total. The largest absolute Gasteiger partial charge is 0.368 e. The van der Waals surface area contributed by atoms with Gasteiger partial charge in [-0.15, -0.1) is 5.10 Å². The van der Waals surface area contributed by atoms with Crippen LogP contribution in [-0.4, -0.2) is 19.7 Å². The van der Waals surface area contributed by atoms with Gasteiger partial charge in [-0.3, -0.25) is 10.1 Å². The normalized spacial score (nSPS) is 10.6. The van der Waals surface area contributed by atoms with E-state index >= 15 is 0 Å². The first kappa shape index (κ1) is 11.9. The zero-order valence-electron chi connectivity index (χ0n) is 9.09. The fourth-order valence-corrected chi connectivity index (χ4v) is 1.38. The van der Waals surface area contributed by atoms with E-state index in [1.165, 1.54) is 7.05 Å². The molecule has 1 aromatic carbocycles. The predicted molar refractivity (Wildman–Crippen MR) is 57.4 cm³/mol. The third-order valence-corrected chi connectivity index (χ3v) is 2.25. The van der Waals surface area contributed by atoms with E-state index < -0.39 is 27.8 Å². The second-order valence-electron chi connectivity index (χ2n) is 3.46. The number of anilines is 1. The minimum atomic E-state index is -1.20. The number of nitrogen functional groups attached to an aromatic ring is 1. The number of rotatable bonds is 2. The van der Waals surface area contributed by atoms with Gasteiger partial charge in [0.2, 0.25) is 11.8 Å². The van der Waals surface area contributed by atoms with E-state index in [2.05, 4.69) is 10.1 Å². The van der Waals surface area contributed by atoms with E-state index in [9.17, 15) is 18.9 Å². The molecule has 0 fully saturated rings. The van der Waals surface area contributed by atoms with Crippen molar-refractivity contribution in [2.45, 2.75) is 0 Å². The molecule has 0 saturated carbocycles. The van der Waals surface area contributed by atoms with Gasteiger partial charge in [-0.05, 0) is 6.07 Å². The van der Waals surface area contributed by atoms with Crippen LogP contribution in [0.2, 0.25) is 0 Å². The highest BCUT2D eigenvalue weighted by Crippen LogP contribution is 2.28. The Morgan fingerprint density at radius 3 is 2.61 bits per heavy atom. The van der Waals surface area contributed by atoms with Crippen LogP contribution in [0.5, 0.6) is 0 Å². The molecule has 0 bridgehead atoms. The molecule has 0 amide bonds. The number of hydrogen-bond donors (Lipinski definition) is 1. The van der Waals surface area contributed by atoms with Gasteiger partial charge in [0.25, 0.3) is 0 Å². The van der Waals surface area contributed by atoms with Crippen molar-refractivity contribution in [3.8, 4) is 11.4 Å². The molecule has 1 aromatic heterocycles. The number of aryl methyl sites for hydroxylation is 1. The predicted octanol–water partition coefficient (Wildman–Crippen LogP) is 1.25. The van der Waals surface area contributed by atoms with Gasteiger partial charge in [-0.1, -0.05) is 0 Å². The number of halogens is 2. The van der Waals surface area contributed by atoms with Crippen LogP contribution in [0, 0.1) is 21.7 Å². The van der Waals surface area contributed by atoms with Crippen molar-refractivity contribution in [3.63, 3.8) is 0 Å². The van der Waals surface area contributed by atoms with Crippen LogP contribution in [-0.2, 0) is 7.05 Å². The lowest BCUT2D eigenvalue weighted by Crippen LogP contribution is -1.98. The molecule has 0 aliphatic heterocycles. The molecule has 1 heterocycles. The summed E-state index contributed by atoms with van der Waals surface area (Å²) in [6.07, 6.45) is 0. The maximum atomic E-state index is 13.8. The van der Waals surface area contributed by atoms with E-state index in [-0.39, 0.29) is 11.8 Å². The fourth-order valence-electron chi connectivity index (χ4n) is 1.38. The Morgan fingerprint density at radius 2 is 2.11 bits per heavy atom. The van der Waals surface area contributed by atoms with Gasteiger partial charge in [0.05, 0.1) is 16.6 Å². The average molecular weight is 255 g/mol. The standard InChI is InChI=1S/C9H7F2N5O2/c1-15-9(12)13-8(14-15)5-2-4(10)3-6(7(5)11)16(17)18/h2-3H,1H3,(H2,12,13,14). The maximum Gasteiger partial charge on any atom is 0.308 e. The fraction of sp³-hybridized carbons (Fsp3) is 0.111. The molecule has 2 rings (SSSR count). The van der Waals surface area contributed by atoms with E-state index in [0.29, 0.717) is 6.07 Å². The quantitative estimate of drug-likeness (QED) is 0.643. The molecule has 94 valence electrons. The van der Waals surface area contributed by atoms with E-state index in [1.54, 1.807) is 0 Å². The molecule has 0 unspecified atom stereocenters. The lowest BCUT2D eigenvalue weighted by atomic mass is 10.1. The van der Waals surface area contributed by atoms with Gasteiger partial charge in [0.1, 0.15) is 5.82 Å². The van der Waals surface area contributed by atoms with Crippen LogP contribution >= 0.6 is 0 Å². The first-order chi connectivity index (χ1) is 8.40. The zero-order chi connectivity index (χ0) is 13.4. The smallest absolute Gasteiger partial charge is 0.308 e. The number of nitro groups is 1. The third kappa shape index (κ3) is 1.85. The monoisotopic (exact) mass is 255 g/mol. The molecule has 18 heavy (non-hydrogen) atoms. The van der Waals surface area contributed by atoms with Gasteiger partial charge in [0, 0.05) is 7.05 Å². The van der Waals surface area contributed by atoms with Crippen molar-refractivity contribution in [1.29, 1.82) is 0 Å². The van der Waals surface area contributed by atoms with Crippen LogP contribution in [0.1, 0.15) is 0 Å². The van der Waals surface area contributed by atoms with Crippen molar-refractivity contribution in [1.82, 2.24) is 14.8 Å². The Bertz CT molecular complexity index is 621. The Hall–Kier alpha value is -2.58. The average Bonchev–Trinajstić information content (AvgIpc) is 2.61. The minimum absolute atomic E-state index is 0.0173. The molecule has 2 N–H and O–H groups in total. The lowest BCUT2D eigenvalue weighted by molar-refractivity contribution is -0.387. The molecule has 0 saturated heterocycles. The summed E-state index contributed by atoms with van der Waals surface area (Å²) in [6, 6.07) is 1.27. The second kappa shape index (κ2) is 4.02. The number of benzene rings is 1. The first-order valence-corrected chi connectivity index (χ1v) is 4.70. The zero-order valence-corrected chi connectivity index (χ0v) is 9.09. The number of aromatic nitrogens is 3. The number of hydrogen-bond acceptors (Lipinski definition) is 5. The lowest BCUT2D eigenvalue weighted by Gasteiger charge is -2.00. The molecule has 9 heteroatoms. The van der Waals surface area contributed by atoms with Gasteiger partial charge in [-0.25, -0.2) is 9.07 Å². The number of nitrogens with zero attached hydrogens (tertiary/aromatic N) is 4. The van der Waals surface area contributed by atoms with Crippen molar-refractivity contribution in [2.75, 3.05) is 5.73 Å². The number of nitro benzene ring substituents is 1. The summed E-state index contributed by atoms with van der Waals surface area (Å²) in [7, 11) is 1.46. The first-order valence-electron chi connectivity index (χ1n) is 4.70. The molecule has 2 aromatic rings. The van der Waals surface area contributed by atoms with Gasteiger partial charge < -0.3 is 5.73 Å². The molecule has 0 spiro atoms. The summed E-state index contributed by atoms with van der Waals surface area (Å²) in [5.41, 5.74) is 4.02. The van der Waals surface area contributed by atoms with Crippen LogP contribution in [0.3, 0.4) is 0 Å². The van der Waals surface area contributed by atoms with Crippen LogP contribution in [0.4, 0.5) is 20.4 Å². The van der Waals surface area contributed by atoms with E-state index in [0.717, 1.165) is 10.7 Å². The molecule has 0 atom stereocenters. The number of nitrogens with two attached hydrogens (primary N) is 1. The van der Waals surface area contributed by atoms with Crippen molar-refractivity contribution in [2.24, 2.45) is 7.05 Å². The Kier molecular flexibility index (Phi) is 2.66. The summed E-state index contributed by atoms with van der Waals surface area (Å²) in [4.78, 5) is 13.2. The highest BCUT2D eigenvalue weighted by Gasteiger charge is 2.23. The van der Waals surface area contributed by atoms with Crippen molar-refractivity contribution < 1.29 is 13.7 Å². The summed E-state index contributed by atoms with van der Waals surface area (Å²) in [5.74, 6) is -2.39. The molecular formula is C9H7F2N5O2. The van der Waals surface area contributed by atoms with E-state index in [1.807, 2.05) is 0 Å². The Balaban J connectivity index is 2.67. The van der Waals surface area contributed by atoms with E-state index in [4.69, 9.17) is 5.73 Å². The van der Waals surface area contributed by atoms with Crippen molar-refractivity contribution in [3.05, 3.63) is 33.9 Å². The maximum absolute atomic E-state index is 13.8. The molecule has 0 aliphatic rings. The van der Waals surface area contributed by atoms with Gasteiger partial charge >= 0.3 is 5.69 Å². The van der Waals surface area contributed by atoms with Gasteiger partial charge in [0.15, 0.2) is 5.82 Å². The summed E-state index contributed by atoms with van der Waals surface area (Å²) in [5, 5.41) is 14.3.